The summed E-state index contributed by atoms with van der Waals surface area (Å²) in [6.45, 7) is 6.95. The van der Waals surface area contributed by atoms with Gasteiger partial charge in [-0.05, 0) is 57.3 Å². The summed E-state index contributed by atoms with van der Waals surface area (Å²) in [6, 6.07) is 4.11. The van der Waals surface area contributed by atoms with Gasteiger partial charge in [-0.3, -0.25) is 4.79 Å². The quantitative estimate of drug-likeness (QED) is 0.895. The average molecular weight is 317 g/mol. The van der Waals surface area contributed by atoms with E-state index in [0.717, 1.165) is 57.8 Å². The molecule has 2 fully saturated rings. The number of carbonyl (C=O) groups is 1. The van der Waals surface area contributed by atoms with Crippen molar-refractivity contribution in [2.24, 2.45) is 0 Å². The van der Waals surface area contributed by atoms with Crippen LogP contribution in [0, 0.1) is 0 Å². The van der Waals surface area contributed by atoms with E-state index in [2.05, 4.69) is 27.3 Å². The van der Waals surface area contributed by atoms with Crippen molar-refractivity contribution in [3.05, 3.63) is 17.8 Å². The van der Waals surface area contributed by atoms with Crippen molar-refractivity contribution >= 4 is 11.7 Å². The second kappa shape index (κ2) is 7.73. The van der Waals surface area contributed by atoms with Gasteiger partial charge in [0.15, 0.2) is 11.5 Å². The summed E-state index contributed by atoms with van der Waals surface area (Å²) in [7, 11) is 0. The predicted molar refractivity (Wildman–Crippen MR) is 90.7 cm³/mol. The van der Waals surface area contributed by atoms with Gasteiger partial charge in [0.05, 0.1) is 0 Å². The highest BCUT2D eigenvalue weighted by Crippen LogP contribution is 2.19. The number of carbonyl (C=O) groups excluding carboxylic acids is 1. The molecule has 2 aliphatic rings. The van der Waals surface area contributed by atoms with Gasteiger partial charge < -0.3 is 15.1 Å². The molecule has 126 valence electrons. The number of amides is 1. The third-order valence-electron chi connectivity index (χ3n) is 4.77. The Morgan fingerprint density at radius 2 is 2.00 bits per heavy atom. The number of rotatable bonds is 5. The molecule has 6 heteroatoms. The summed E-state index contributed by atoms with van der Waals surface area (Å²) in [5.41, 5.74) is 0.472. The normalized spacial score (nSPS) is 19.1. The van der Waals surface area contributed by atoms with E-state index in [0.29, 0.717) is 11.7 Å². The number of nitrogens with zero attached hydrogens (tertiary/aromatic N) is 4. The van der Waals surface area contributed by atoms with Crippen LogP contribution >= 0.6 is 0 Å². The molecule has 0 atom stereocenters. The van der Waals surface area contributed by atoms with Crippen LogP contribution in [0.25, 0.3) is 0 Å². The minimum atomic E-state index is 0.0271. The Kier molecular flexibility index (Phi) is 5.43. The van der Waals surface area contributed by atoms with Crippen LogP contribution in [-0.2, 0) is 0 Å². The molecule has 0 aromatic carbocycles. The highest BCUT2D eigenvalue weighted by atomic mass is 16.2. The summed E-state index contributed by atoms with van der Waals surface area (Å²) < 4.78 is 0. The van der Waals surface area contributed by atoms with Crippen molar-refractivity contribution < 1.29 is 4.79 Å². The predicted octanol–water partition coefficient (Wildman–Crippen LogP) is 1.68. The van der Waals surface area contributed by atoms with E-state index in [1.54, 1.807) is 0 Å². The molecule has 2 saturated heterocycles. The topological polar surface area (TPSA) is 61.4 Å². The molecule has 3 rings (SSSR count). The number of nitrogens with one attached hydrogen (secondary N) is 1. The Hall–Kier alpha value is -1.69. The Morgan fingerprint density at radius 3 is 2.61 bits per heavy atom. The third kappa shape index (κ3) is 3.80. The van der Waals surface area contributed by atoms with Crippen molar-refractivity contribution in [1.29, 1.82) is 0 Å². The van der Waals surface area contributed by atoms with Crippen LogP contribution in [0.1, 0.15) is 49.5 Å². The van der Waals surface area contributed by atoms with Crippen LogP contribution in [0.2, 0.25) is 0 Å². The van der Waals surface area contributed by atoms with E-state index in [9.17, 15) is 4.79 Å². The van der Waals surface area contributed by atoms with Gasteiger partial charge in [-0.15, -0.1) is 10.2 Å². The molecular weight excluding hydrogens is 290 g/mol. The lowest BCUT2D eigenvalue weighted by Gasteiger charge is -2.34. The summed E-state index contributed by atoms with van der Waals surface area (Å²) >= 11 is 0. The Balaban J connectivity index is 1.71. The fourth-order valence-electron chi connectivity index (χ4n) is 3.51. The molecule has 2 aliphatic heterocycles. The number of hydrogen-bond donors (Lipinski definition) is 1. The summed E-state index contributed by atoms with van der Waals surface area (Å²) in [6.07, 6.45) is 5.43. The molecular formula is C17H27N5O. The Labute approximate surface area is 138 Å². The van der Waals surface area contributed by atoms with E-state index in [4.69, 9.17) is 0 Å². The van der Waals surface area contributed by atoms with Gasteiger partial charge in [-0.2, -0.15) is 0 Å². The van der Waals surface area contributed by atoms with Crippen LogP contribution < -0.4 is 10.2 Å². The van der Waals surface area contributed by atoms with Gasteiger partial charge in [0, 0.05) is 25.7 Å². The molecule has 0 unspecified atom stereocenters. The molecule has 1 aromatic rings. The minimum Gasteiger partial charge on any atom is -0.355 e. The lowest BCUT2D eigenvalue weighted by Crippen LogP contribution is -2.46. The largest absolute Gasteiger partial charge is 0.355 e. The molecule has 0 radical (unpaired) electrons. The van der Waals surface area contributed by atoms with Gasteiger partial charge in [0.2, 0.25) is 0 Å². The second-order valence-electron chi connectivity index (χ2n) is 6.45. The first kappa shape index (κ1) is 16.2. The van der Waals surface area contributed by atoms with Gasteiger partial charge in [-0.1, -0.05) is 6.92 Å². The van der Waals surface area contributed by atoms with E-state index in [1.165, 1.54) is 12.8 Å². The van der Waals surface area contributed by atoms with Crippen LogP contribution in [0.3, 0.4) is 0 Å². The first-order chi connectivity index (χ1) is 11.3. The van der Waals surface area contributed by atoms with Crippen LogP contribution in [0.4, 0.5) is 5.82 Å². The maximum atomic E-state index is 12.9. The molecule has 23 heavy (non-hydrogen) atoms. The van der Waals surface area contributed by atoms with Gasteiger partial charge in [-0.25, -0.2) is 0 Å². The van der Waals surface area contributed by atoms with Crippen molar-refractivity contribution in [3.63, 3.8) is 0 Å². The number of anilines is 1. The van der Waals surface area contributed by atoms with Crippen molar-refractivity contribution in [2.75, 3.05) is 37.6 Å². The maximum Gasteiger partial charge on any atom is 0.274 e. The number of aromatic nitrogens is 2. The number of piperidine rings is 1. The van der Waals surface area contributed by atoms with Crippen LogP contribution in [-0.4, -0.2) is 59.8 Å². The van der Waals surface area contributed by atoms with Crippen LogP contribution in [0.15, 0.2) is 12.1 Å². The van der Waals surface area contributed by atoms with E-state index < -0.39 is 0 Å². The minimum absolute atomic E-state index is 0.0271. The zero-order valence-electron chi connectivity index (χ0n) is 14.0. The molecule has 0 aliphatic carbocycles. The Bertz CT molecular complexity index is 506. The smallest absolute Gasteiger partial charge is 0.274 e. The lowest BCUT2D eigenvalue weighted by molar-refractivity contribution is 0.0635. The highest BCUT2D eigenvalue weighted by Gasteiger charge is 2.26. The second-order valence-corrected chi connectivity index (χ2v) is 6.45. The maximum absolute atomic E-state index is 12.9. The zero-order chi connectivity index (χ0) is 16.1. The molecule has 0 bridgehead atoms. The fourth-order valence-corrected chi connectivity index (χ4v) is 3.51. The SMILES string of the molecule is CCCN(C(=O)c1ccc(N2CCCC2)nn1)C1CCNCC1. The monoisotopic (exact) mass is 317 g/mol. The first-order valence-electron chi connectivity index (χ1n) is 8.90. The fraction of sp³-hybridized carbons (Fsp3) is 0.706. The average Bonchev–Trinajstić information content (AvgIpc) is 3.15. The van der Waals surface area contributed by atoms with E-state index in [-0.39, 0.29) is 5.91 Å². The molecule has 0 spiro atoms. The van der Waals surface area contributed by atoms with Crippen molar-refractivity contribution in [3.8, 4) is 0 Å². The summed E-state index contributed by atoms with van der Waals surface area (Å²) in [5, 5.41) is 11.9. The summed E-state index contributed by atoms with van der Waals surface area (Å²) in [4.78, 5) is 17.1. The molecule has 3 heterocycles. The van der Waals surface area contributed by atoms with E-state index >= 15 is 0 Å². The number of hydrogen-bond acceptors (Lipinski definition) is 5. The highest BCUT2D eigenvalue weighted by molar-refractivity contribution is 5.92. The first-order valence-corrected chi connectivity index (χ1v) is 8.90. The molecule has 1 N–H and O–H groups in total. The van der Waals surface area contributed by atoms with Crippen molar-refractivity contribution in [1.82, 2.24) is 20.4 Å². The Morgan fingerprint density at radius 1 is 1.26 bits per heavy atom. The van der Waals surface area contributed by atoms with Gasteiger partial charge in [0.25, 0.3) is 5.91 Å². The lowest BCUT2D eigenvalue weighted by atomic mass is 10.0. The molecule has 1 aromatic heterocycles. The van der Waals surface area contributed by atoms with Crippen LogP contribution in [0.5, 0.6) is 0 Å². The molecule has 0 saturated carbocycles. The zero-order valence-corrected chi connectivity index (χ0v) is 14.0. The van der Waals surface area contributed by atoms with E-state index in [1.807, 2.05) is 17.0 Å². The molecule has 1 amide bonds. The third-order valence-corrected chi connectivity index (χ3v) is 4.77. The molecule has 6 nitrogen and oxygen atoms in total. The van der Waals surface area contributed by atoms with Gasteiger partial charge in [0.1, 0.15) is 0 Å². The summed E-state index contributed by atoms with van der Waals surface area (Å²) in [5.74, 6) is 0.919. The van der Waals surface area contributed by atoms with Crippen molar-refractivity contribution in [2.45, 2.75) is 45.1 Å². The standard InChI is InChI=1S/C17H27N5O/c1-2-11-22(14-7-9-18-10-8-14)17(23)15-5-6-16(20-19-15)21-12-3-4-13-21/h5-6,14,18H,2-4,7-13H2,1H3. The van der Waals surface area contributed by atoms with Gasteiger partial charge >= 0.3 is 0 Å².